The summed E-state index contributed by atoms with van der Waals surface area (Å²) in [5.41, 5.74) is 0.984. The van der Waals surface area contributed by atoms with E-state index in [9.17, 15) is 9.18 Å². The lowest BCUT2D eigenvalue weighted by Crippen LogP contribution is -2.56. The molecule has 0 spiro atoms. The number of nitrogens with zero attached hydrogens (tertiary/aromatic N) is 2. The molecule has 1 aliphatic heterocycles. The highest BCUT2D eigenvalue weighted by atomic mass is 35.5. The fourth-order valence-electron chi connectivity index (χ4n) is 1.88. The second kappa shape index (κ2) is 6.60. The molecule has 0 bridgehead atoms. The van der Waals surface area contributed by atoms with Gasteiger partial charge >= 0.3 is 0 Å². The molecule has 1 aromatic heterocycles. The molecule has 110 valence electrons. The number of hydrogen-bond acceptors (Lipinski definition) is 4. The topological polar surface area (TPSA) is 66.9 Å². The Morgan fingerprint density at radius 1 is 1.29 bits per heavy atom. The third-order valence-corrected chi connectivity index (χ3v) is 3.11. The van der Waals surface area contributed by atoms with Crippen molar-refractivity contribution in [2.75, 3.05) is 13.1 Å². The quantitative estimate of drug-likeness (QED) is 0.899. The predicted molar refractivity (Wildman–Crippen MR) is 78.8 cm³/mol. The van der Waals surface area contributed by atoms with Gasteiger partial charge in [0.15, 0.2) is 5.82 Å². The molecule has 0 saturated carbocycles. The van der Waals surface area contributed by atoms with Crippen LogP contribution in [0.15, 0.2) is 36.7 Å². The largest absolute Gasteiger partial charge is 0.347 e. The van der Waals surface area contributed by atoms with Crippen molar-refractivity contribution in [2.24, 2.45) is 0 Å². The maximum atomic E-state index is 13.1. The summed E-state index contributed by atoms with van der Waals surface area (Å²) in [6.07, 6.45) is 2.91. The molecule has 0 atom stereocenters. The first-order valence-electron chi connectivity index (χ1n) is 6.32. The second-order valence-electron chi connectivity index (χ2n) is 4.63. The molecule has 2 aromatic rings. The van der Waals surface area contributed by atoms with Crippen LogP contribution in [0.25, 0.3) is 11.4 Å². The summed E-state index contributed by atoms with van der Waals surface area (Å²) in [7, 11) is 0. The highest BCUT2D eigenvalue weighted by Crippen LogP contribution is 2.15. The fraction of sp³-hybridized carbons (Fsp3) is 0.214. The van der Waals surface area contributed by atoms with Crippen molar-refractivity contribution in [2.45, 2.75) is 6.04 Å². The first kappa shape index (κ1) is 15.3. The van der Waals surface area contributed by atoms with Gasteiger partial charge in [0, 0.05) is 31.0 Å². The second-order valence-corrected chi connectivity index (χ2v) is 4.63. The SMILES string of the molecule is Cl.O=C(NC1CNC1)c1cnc(-c2cccc(F)c2)nc1. The van der Waals surface area contributed by atoms with Gasteiger partial charge in [-0.1, -0.05) is 12.1 Å². The van der Waals surface area contributed by atoms with Gasteiger partial charge in [-0.25, -0.2) is 14.4 Å². The average Bonchev–Trinajstić information content (AvgIpc) is 2.43. The molecule has 1 aromatic carbocycles. The van der Waals surface area contributed by atoms with Crippen LogP contribution in [0, 0.1) is 5.82 Å². The van der Waals surface area contributed by atoms with E-state index in [0.29, 0.717) is 17.0 Å². The molecule has 0 aliphatic carbocycles. The number of halogens is 2. The number of hydrogen-bond donors (Lipinski definition) is 2. The summed E-state index contributed by atoms with van der Waals surface area (Å²) in [5, 5.41) is 5.93. The minimum atomic E-state index is -0.342. The van der Waals surface area contributed by atoms with Crippen molar-refractivity contribution >= 4 is 18.3 Å². The van der Waals surface area contributed by atoms with Gasteiger partial charge in [-0.2, -0.15) is 0 Å². The molecule has 3 rings (SSSR count). The summed E-state index contributed by atoms with van der Waals surface area (Å²) >= 11 is 0. The Morgan fingerprint density at radius 2 is 2.00 bits per heavy atom. The van der Waals surface area contributed by atoms with Crippen LogP contribution in [0.1, 0.15) is 10.4 Å². The lowest BCUT2D eigenvalue weighted by molar-refractivity contribution is 0.0923. The molecule has 2 heterocycles. The molecular weight excluding hydrogens is 295 g/mol. The third kappa shape index (κ3) is 3.53. The molecule has 5 nitrogen and oxygen atoms in total. The molecule has 1 amide bonds. The monoisotopic (exact) mass is 308 g/mol. The number of nitrogens with one attached hydrogen (secondary N) is 2. The van der Waals surface area contributed by atoms with E-state index in [1.54, 1.807) is 12.1 Å². The van der Waals surface area contributed by atoms with Crippen molar-refractivity contribution < 1.29 is 9.18 Å². The molecule has 1 aliphatic rings. The summed E-state index contributed by atoms with van der Waals surface area (Å²) in [6.45, 7) is 1.57. The van der Waals surface area contributed by atoms with Crippen LogP contribution in [-0.2, 0) is 0 Å². The Kier molecular flexibility index (Phi) is 4.82. The first-order chi connectivity index (χ1) is 9.72. The zero-order valence-electron chi connectivity index (χ0n) is 11.0. The lowest BCUT2D eigenvalue weighted by atomic mass is 10.1. The van der Waals surface area contributed by atoms with Crippen molar-refractivity contribution in [3.8, 4) is 11.4 Å². The number of carbonyl (C=O) groups excluding carboxylic acids is 1. The molecular formula is C14H14ClFN4O. The number of benzene rings is 1. The van der Waals surface area contributed by atoms with Crippen molar-refractivity contribution in [3.63, 3.8) is 0 Å². The minimum absolute atomic E-state index is 0. The summed E-state index contributed by atoms with van der Waals surface area (Å²) < 4.78 is 13.1. The Morgan fingerprint density at radius 3 is 2.57 bits per heavy atom. The fourth-order valence-corrected chi connectivity index (χ4v) is 1.88. The highest BCUT2D eigenvalue weighted by molar-refractivity contribution is 5.94. The lowest BCUT2D eigenvalue weighted by Gasteiger charge is -2.27. The first-order valence-corrected chi connectivity index (χ1v) is 6.32. The van der Waals surface area contributed by atoms with Gasteiger partial charge in [0.1, 0.15) is 5.82 Å². The number of amides is 1. The van der Waals surface area contributed by atoms with Crippen molar-refractivity contribution in [1.82, 2.24) is 20.6 Å². The molecule has 0 unspecified atom stereocenters. The molecule has 2 N–H and O–H groups in total. The maximum Gasteiger partial charge on any atom is 0.254 e. The van der Waals surface area contributed by atoms with Crippen LogP contribution in [-0.4, -0.2) is 35.0 Å². The van der Waals surface area contributed by atoms with Crippen LogP contribution in [0.5, 0.6) is 0 Å². The van der Waals surface area contributed by atoms with E-state index in [0.717, 1.165) is 13.1 Å². The van der Waals surface area contributed by atoms with Crippen LogP contribution >= 0.6 is 12.4 Å². The number of carbonyl (C=O) groups is 1. The van der Waals surface area contributed by atoms with Gasteiger partial charge in [-0.3, -0.25) is 4.79 Å². The minimum Gasteiger partial charge on any atom is -0.347 e. The van der Waals surface area contributed by atoms with Crippen LogP contribution in [0.4, 0.5) is 4.39 Å². The zero-order chi connectivity index (χ0) is 13.9. The van der Waals surface area contributed by atoms with E-state index in [1.807, 2.05) is 0 Å². The zero-order valence-corrected chi connectivity index (χ0v) is 11.9. The highest BCUT2D eigenvalue weighted by Gasteiger charge is 2.19. The van der Waals surface area contributed by atoms with Crippen LogP contribution < -0.4 is 10.6 Å². The van der Waals surface area contributed by atoms with E-state index in [2.05, 4.69) is 20.6 Å². The van der Waals surface area contributed by atoms with Gasteiger partial charge in [0.05, 0.1) is 11.6 Å². The smallest absolute Gasteiger partial charge is 0.254 e. The summed E-state index contributed by atoms with van der Waals surface area (Å²) in [4.78, 5) is 20.1. The van der Waals surface area contributed by atoms with Gasteiger partial charge in [-0.15, -0.1) is 12.4 Å². The van der Waals surface area contributed by atoms with Crippen molar-refractivity contribution in [1.29, 1.82) is 0 Å². The van der Waals surface area contributed by atoms with Crippen LogP contribution in [0.3, 0.4) is 0 Å². The Balaban J connectivity index is 0.00000161. The number of aromatic nitrogens is 2. The maximum absolute atomic E-state index is 13.1. The Hall–Kier alpha value is -2.05. The van der Waals surface area contributed by atoms with Gasteiger partial charge in [-0.05, 0) is 12.1 Å². The normalized spacial score (nSPS) is 14.0. The van der Waals surface area contributed by atoms with E-state index < -0.39 is 0 Å². The molecule has 7 heteroatoms. The molecule has 1 saturated heterocycles. The molecule has 21 heavy (non-hydrogen) atoms. The predicted octanol–water partition coefficient (Wildman–Crippen LogP) is 1.41. The van der Waals surface area contributed by atoms with E-state index in [1.165, 1.54) is 24.5 Å². The van der Waals surface area contributed by atoms with E-state index in [-0.39, 0.29) is 30.2 Å². The number of rotatable bonds is 3. The Bertz CT molecular complexity index is 631. The standard InChI is InChI=1S/C14H13FN4O.ClH/c15-11-3-1-2-9(4-11)13-17-5-10(6-18-13)14(20)19-12-7-16-8-12;/h1-6,12,16H,7-8H2,(H,19,20);1H. The van der Waals surface area contributed by atoms with E-state index >= 15 is 0 Å². The average molecular weight is 309 g/mol. The third-order valence-electron chi connectivity index (χ3n) is 3.11. The molecule has 1 fully saturated rings. The Labute approximate surface area is 127 Å². The van der Waals surface area contributed by atoms with Gasteiger partial charge < -0.3 is 10.6 Å². The van der Waals surface area contributed by atoms with Crippen LogP contribution in [0.2, 0.25) is 0 Å². The van der Waals surface area contributed by atoms with Gasteiger partial charge in [0.2, 0.25) is 0 Å². The summed E-state index contributed by atoms with van der Waals surface area (Å²) in [5.74, 6) is -0.140. The summed E-state index contributed by atoms with van der Waals surface area (Å²) in [6, 6.07) is 6.20. The van der Waals surface area contributed by atoms with Gasteiger partial charge in [0.25, 0.3) is 5.91 Å². The molecule has 0 radical (unpaired) electrons. The van der Waals surface area contributed by atoms with Crippen molar-refractivity contribution in [3.05, 3.63) is 48.0 Å². The van der Waals surface area contributed by atoms with E-state index in [4.69, 9.17) is 0 Å².